The van der Waals surface area contributed by atoms with Crippen molar-refractivity contribution in [1.82, 2.24) is 14.7 Å². The Hall–Kier alpha value is -1.85. The topological polar surface area (TPSA) is 64.2 Å². The Kier molecular flexibility index (Phi) is 4.65. The number of rotatable bonds is 2. The molecule has 1 saturated carbocycles. The lowest BCUT2D eigenvalue weighted by molar-refractivity contribution is 0.0780. The van der Waals surface area contributed by atoms with Crippen LogP contribution in [0.4, 0.5) is 0 Å². The van der Waals surface area contributed by atoms with Gasteiger partial charge in [-0.1, -0.05) is 30.3 Å². The van der Waals surface area contributed by atoms with Crippen molar-refractivity contribution in [3.8, 4) is 11.3 Å². The molecule has 1 aromatic carbocycles. The maximum Gasteiger partial charge on any atom is 0.257 e. The average molecular weight is 347 g/mol. The third kappa shape index (κ3) is 2.82. The number of hydrogen-bond acceptors (Lipinski definition) is 3. The van der Waals surface area contributed by atoms with E-state index < -0.39 is 0 Å². The van der Waals surface area contributed by atoms with Crippen LogP contribution in [0.1, 0.15) is 23.2 Å². The number of likely N-dealkylation sites (tertiary alicyclic amines) is 1. The van der Waals surface area contributed by atoms with Crippen molar-refractivity contribution >= 4 is 18.3 Å². The summed E-state index contributed by atoms with van der Waals surface area (Å²) >= 11 is 0. The van der Waals surface area contributed by atoms with Crippen molar-refractivity contribution in [2.24, 2.45) is 24.6 Å². The van der Waals surface area contributed by atoms with Gasteiger partial charge >= 0.3 is 0 Å². The van der Waals surface area contributed by atoms with E-state index in [-0.39, 0.29) is 24.4 Å². The zero-order valence-corrected chi connectivity index (χ0v) is 14.6. The lowest BCUT2D eigenvalue weighted by atomic mass is 9.98. The highest BCUT2D eigenvalue weighted by atomic mass is 35.5. The van der Waals surface area contributed by atoms with E-state index in [4.69, 9.17) is 5.73 Å². The molecule has 3 unspecified atom stereocenters. The number of aromatic nitrogens is 2. The van der Waals surface area contributed by atoms with Gasteiger partial charge in [0.1, 0.15) is 5.69 Å². The molecule has 2 N–H and O–H groups in total. The van der Waals surface area contributed by atoms with Gasteiger partial charge in [0.15, 0.2) is 0 Å². The minimum absolute atomic E-state index is 0. The minimum atomic E-state index is 0. The quantitative estimate of drug-likeness (QED) is 0.907. The lowest BCUT2D eigenvalue weighted by Gasteiger charge is -2.18. The number of benzene rings is 1. The number of fused-ring (bicyclic) bond motifs is 1. The first-order valence-electron chi connectivity index (χ1n) is 8.27. The number of nitrogens with two attached hydrogens (primary N) is 1. The number of carbonyl (C=O) groups is 1. The second-order valence-electron chi connectivity index (χ2n) is 6.81. The van der Waals surface area contributed by atoms with Crippen molar-refractivity contribution < 1.29 is 4.79 Å². The largest absolute Gasteiger partial charge is 0.338 e. The molecule has 1 saturated heterocycles. The number of nitrogens with zero attached hydrogens (tertiary/aromatic N) is 3. The predicted molar refractivity (Wildman–Crippen MR) is 96.0 cm³/mol. The molecule has 128 valence electrons. The van der Waals surface area contributed by atoms with Crippen molar-refractivity contribution in [3.05, 3.63) is 42.1 Å². The Balaban J connectivity index is 0.00000169. The summed E-state index contributed by atoms with van der Waals surface area (Å²) in [6.45, 7) is 1.62. The fraction of sp³-hybridized carbons (Fsp3) is 0.444. The molecular weight excluding hydrogens is 324 g/mol. The van der Waals surface area contributed by atoms with Crippen LogP contribution in [0, 0.1) is 11.8 Å². The van der Waals surface area contributed by atoms with E-state index in [1.54, 1.807) is 4.68 Å². The molecule has 1 aromatic heterocycles. The Labute approximate surface area is 148 Å². The van der Waals surface area contributed by atoms with Crippen molar-refractivity contribution in [1.29, 1.82) is 0 Å². The van der Waals surface area contributed by atoms with Gasteiger partial charge in [0.25, 0.3) is 5.91 Å². The summed E-state index contributed by atoms with van der Waals surface area (Å²) < 4.78 is 1.72. The first-order valence-corrected chi connectivity index (χ1v) is 8.27. The fourth-order valence-corrected chi connectivity index (χ4v) is 4.10. The highest BCUT2D eigenvalue weighted by Crippen LogP contribution is 2.38. The number of carbonyl (C=O) groups excluding carboxylic acids is 1. The molecule has 1 amide bonds. The molecule has 0 spiro atoms. The van der Waals surface area contributed by atoms with Gasteiger partial charge in [-0.25, -0.2) is 0 Å². The molecule has 4 rings (SSSR count). The number of amides is 1. The van der Waals surface area contributed by atoms with Crippen molar-refractivity contribution in [2.75, 3.05) is 13.1 Å². The molecule has 2 heterocycles. The van der Waals surface area contributed by atoms with Gasteiger partial charge in [-0.15, -0.1) is 12.4 Å². The van der Waals surface area contributed by atoms with Crippen LogP contribution >= 0.6 is 12.4 Å². The second-order valence-corrected chi connectivity index (χ2v) is 6.81. The highest BCUT2D eigenvalue weighted by molar-refractivity contribution is 6.00. The van der Waals surface area contributed by atoms with Gasteiger partial charge in [-0.3, -0.25) is 9.48 Å². The molecule has 1 aliphatic carbocycles. The van der Waals surface area contributed by atoms with Crippen LogP contribution < -0.4 is 5.73 Å². The summed E-state index contributed by atoms with van der Waals surface area (Å²) in [6, 6.07) is 10.1. The van der Waals surface area contributed by atoms with E-state index in [0.29, 0.717) is 17.4 Å². The van der Waals surface area contributed by atoms with Crippen LogP contribution in [0.5, 0.6) is 0 Å². The van der Waals surface area contributed by atoms with Crippen LogP contribution in [0.3, 0.4) is 0 Å². The van der Waals surface area contributed by atoms with Gasteiger partial charge in [0.2, 0.25) is 0 Å². The SMILES string of the molecule is Cl.Cn1cc(C(=O)N2CC3CCC(N)C3C2)c(-c2ccccc2)n1. The molecule has 6 heteroatoms. The van der Waals surface area contributed by atoms with Crippen LogP contribution in [0.15, 0.2) is 36.5 Å². The van der Waals surface area contributed by atoms with Crippen molar-refractivity contribution in [2.45, 2.75) is 18.9 Å². The Morgan fingerprint density at radius 2 is 1.96 bits per heavy atom. The van der Waals surface area contributed by atoms with E-state index in [9.17, 15) is 4.79 Å². The summed E-state index contributed by atoms with van der Waals surface area (Å²) in [5, 5.41) is 4.50. The Morgan fingerprint density at radius 3 is 2.67 bits per heavy atom. The van der Waals surface area contributed by atoms with Gasteiger partial charge in [-0.05, 0) is 24.7 Å². The molecule has 5 nitrogen and oxygen atoms in total. The smallest absolute Gasteiger partial charge is 0.257 e. The molecule has 24 heavy (non-hydrogen) atoms. The lowest BCUT2D eigenvalue weighted by Crippen LogP contribution is -2.33. The zero-order chi connectivity index (χ0) is 16.0. The van der Waals surface area contributed by atoms with Gasteiger partial charge in [0.05, 0.1) is 5.56 Å². The summed E-state index contributed by atoms with van der Waals surface area (Å²) in [6.07, 6.45) is 4.08. The number of halogens is 1. The Morgan fingerprint density at radius 1 is 1.21 bits per heavy atom. The third-order valence-corrected chi connectivity index (χ3v) is 5.31. The summed E-state index contributed by atoms with van der Waals surface area (Å²) in [5.74, 6) is 1.13. The van der Waals surface area contributed by atoms with Crippen molar-refractivity contribution in [3.63, 3.8) is 0 Å². The van der Waals surface area contributed by atoms with Crippen LogP contribution in [0.25, 0.3) is 11.3 Å². The fourth-order valence-electron chi connectivity index (χ4n) is 4.10. The van der Waals surface area contributed by atoms with E-state index >= 15 is 0 Å². The van der Waals surface area contributed by atoms with E-state index in [1.165, 1.54) is 0 Å². The van der Waals surface area contributed by atoms with E-state index in [1.807, 2.05) is 48.5 Å². The van der Waals surface area contributed by atoms with Gasteiger partial charge in [0, 0.05) is 37.9 Å². The molecule has 0 radical (unpaired) electrons. The third-order valence-electron chi connectivity index (χ3n) is 5.31. The van der Waals surface area contributed by atoms with E-state index in [2.05, 4.69) is 5.10 Å². The van der Waals surface area contributed by atoms with Crippen LogP contribution in [0.2, 0.25) is 0 Å². The maximum atomic E-state index is 13.0. The number of aryl methyl sites for hydroxylation is 1. The number of hydrogen-bond donors (Lipinski definition) is 1. The molecule has 0 bridgehead atoms. The molecule has 3 atom stereocenters. The standard InChI is InChI=1S/C18H22N4O.ClH/c1-21-10-15(17(20-21)12-5-3-2-4-6-12)18(23)22-9-13-7-8-16(19)14(13)11-22;/h2-6,10,13-14,16H,7-9,11,19H2,1H3;1H. The highest BCUT2D eigenvalue weighted by Gasteiger charge is 2.43. The van der Waals surface area contributed by atoms with Gasteiger partial charge in [-0.2, -0.15) is 5.10 Å². The average Bonchev–Trinajstić information content (AvgIpc) is 3.24. The molecule has 2 fully saturated rings. The minimum Gasteiger partial charge on any atom is -0.338 e. The second kappa shape index (κ2) is 6.57. The van der Waals surface area contributed by atoms with E-state index in [0.717, 1.165) is 37.2 Å². The maximum absolute atomic E-state index is 13.0. The normalized spacial score (nSPS) is 25.4. The van der Waals surface area contributed by atoms with Gasteiger partial charge < -0.3 is 10.6 Å². The van der Waals surface area contributed by atoms with Crippen LogP contribution in [-0.2, 0) is 7.05 Å². The summed E-state index contributed by atoms with van der Waals surface area (Å²) in [7, 11) is 1.86. The predicted octanol–water partition coefficient (Wildman–Crippen LogP) is 2.32. The first-order chi connectivity index (χ1) is 11.1. The monoisotopic (exact) mass is 346 g/mol. The summed E-state index contributed by atoms with van der Waals surface area (Å²) in [4.78, 5) is 15.0. The molecule has 2 aliphatic rings. The molecular formula is C18H23ClN4O. The summed E-state index contributed by atoms with van der Waals surface area (Å²) in [5.41, 5.74) is 8.62. The molecule has 2 aromatic rings. The molecule has 1 aliphatic heterocycles. The first kappa shape index (κ1) is 17.0. The Bertz CT molecular complexity index is 730. The van der Waals surface area contributed by atoms with Crippen LogP contribution in [-0.4, -0.2) is 39.7 Å². The zero-order valence-electron chi connectivity index (χ0n) is 13.8.